The molecule has 1 aliphatic heterocycles. The van der Waals surface area contributed by atoms with E-state index in [0.717, 1.165) is 20.8 Å². The lowest BCUT2D eigenvalue weighted by Gasteiger charge is -2.32. The van der Waals surface area contributed by atoms with E-state index < -0.39 is 12.6 Å². The van der Waals surface area contributed by atoms with Crippen molar-refractivity contribution in [2.75, 3.05) is 25.0 Å². The number of pyridine rings is 2. The highest BCUT2D eigenvalue weighted by Crippen LogP contribution is 2.25. The van der Waals surface area contributed by atoms with Gasteiger partial charge in [0.25, 0.3) is 0 Å². The molecule has 1 saturated heterocycles. The van der Waals surface area contributed by atoms with Crippen molar-refractivity contribution >= 4 is 34.0 Å². The monoisotopic (exact) mass is 465 g/mol. The molecule has 0 saturated carbocycles. The Hall–Kier alpha value is -2.86. The second-order valence-electron chi connectivity index (χ2n) is 7.62. The number of likely N-dealkylation sites (tertiary alicyclic amines) is 1. The zero-order valence-electron chi connectivity index (χ0n) is 17.3. The number of nitrogens with one attached hydrogen (secondary N) is 2. The Kier molecular flexibility index (Phi) is 6.51. The first-order valence-electron chi connectivity index (χ1n) is 10.2. The van der Waals surface area contributed by atoms with Crippen LogP contribution < -0.4 is 10.6 Å². The highest BCUT2D eigenvalue weighted by Gasteiger charge is 2.28. The first-order valence-corrected chi connectivity index (χ1v) is 11.0. The average Bonchev–Trinajstić information content (AvgIpc) is 3.19. The zero-order chi connectivity index (χ0) is 22.7. The Morgan fingerprint density at radius 3 is 2.59 bits per heavy atom. The van der Waals surface area contributed by atoms with Crippen molar-refractivity contribution in [1.82, 2.24) is 30.4 Å². The Morgan fingerprint density at radius 2 is 1.91 bits per heavy atom. The highest BCUT2D eigenvalue weighted by atomic mass is 32.1. The number of alkyl halides is 3. The number of fused-ring (bicyclic) bond motifs is 1. The molecule has 170 valence electrons. The molecule has 0 spiro atoms. The zero-order valence-corrected chi connectivity index (χ0v) is 18.1. The molecule has 0 aromatic carbocycles. The minimum absolute atomic E-state index is 0.0184. The normalized spacial score (nSPS) is 15.3. The van der Waals surface area contributed by atoms with Crippen LogP contribution in [0.2, 0.25) is 0 Å². The van der Waals surface area contributed by atoms with Crippen molar-refractivity contribution in [3.05, 3.63) is 29.5 Å². The molecule has 1 aliphatic rings. The third-order valence-corrected chi connectivity index (χ3v) is 6.07. The van der Waals surface area contributed by atoms with Gasteiger partial charge >= 0.3 is 12.2 Å². The van der Waals surface area contributed by atoms with Crippen LogP contribution >= 0.6 is 11.3 Å². The van der Waals surface area contributed by atoms with Gasteiger partial charge < -0.3 is 10.2 Å². The number of nitrogens with zero attached hydrogens (tertiary/aromatic N) is 5. The van der Waals surface area contributed by atoms with Crippen molar-refractivity contribution in [3.63, 3.8) is 0 Å². The number of aryl methyl sites for hydroxylation is 1. The Morgan fingerprint density at radius 1 is 1.16 bits per heavy atom. The summed E-state index contributed by atoms with van der Waals surface area (Å²) in [5.74, 6) is 0.415. The number of anilines is 1. The maximum atomic E-state index is 12.6. The quantitative estimate of drug-likeness (QED) is 0.592. The van der Waals surface area contributed by atoms with Crippen molar-refractivity contribution < 1.29 is 18.0 Å². The predicted octanol–water partition coefficient (Wildman–Crippen LogP) is 4.00. The van der Waals surface area contributed by atoms with Crippen LogP contribution in [0.1, 0.15) is 24.3 Å². The maximum Gasteiger partial charge on any atom is 0.390 e. The predicted molar refractivity (Wildman–Crippen MR) is 115 cm³/mol. The molecule has 0 bridgehead atoms. The van der Waals surface area contributed by atoms with E-state index in [2.05, 4.69) is 30.8 Å². The van der Waals surface area contributed by atoms with Gasteiger partial charge in [-0.3, -0.25) is 10.3 Å². The molecule has 8 nitrogen and oxygen atoms in total. The van der Waals surface area contributed by atoms with Crippen LogP contribution in [-0.2, 0) is 0 Å². The summed E-state index contributed by atoms with van der Waals surface area (Å²) in [4.78, 5) is 23.0. The van der Waals surface area contributed by atoms with Gasteiger partial charge in [0.1, 0.15) is 16.5 Å². The molecule has 12 heteroatoms. The fourth-order valence-electron chi connectivity index (χ4n) is 3.52. The number of urea groups is 1. The van der Waals surface area contributed by atoms with Crippen LogP contribution in [0.15, 0.2) is 24.5 Å². The van der Waals surface area contributed by atoms with E-state index in [9.17, 15) is 18.0 Å². The number of rotatable bonds is 5. The first-order chi connectivity index (χ1) is 15.3. The van der Waals surface area contributed by atoms with Crippen LogP contribution in [0.5, 0.6) is 0 Å². The van der Waals surface area contributed by atoms with Gasteiger partial charge in [-0.05, 0) is 37.3 Å². The maximum absolute atomic E-state index is 12.6. The van der Waals surface area contributed by atoms with Crippen LogP contribution in [-0.4, -0.2) is 62.9 Å². The SMILES string of the molecule is Cc1nnc(-c2cc3cc(NC(=O)N4CCC(NCCC(F)(F)F)CC4)ncc3cn2)s1. The van der Waals surface area contributed by atoms with Gasteiger partial charge in [-0.2, -0.15) is 13.2 Å². The van der Waals surface area contributed by atoms with E-state index in [4.69, 9.17) is 0 Å². The van der Waals surface area contributed by atoms with Crippen molar-refractivity contribution in [2.24, 2.45) is 0 Å². The average molecular weight is 466 g/mol. The summed E-state index contributed by atoms with van der Waals surface area (Å²) in [6.07, 6.45) is -0.454. The molecule has 32 heavy (non-hydrogen) atoms. The number of carbonyl (C=O) groups excluding carboxylic acids is 1. The number of carbonyl (C=O) groups is 1. The summed E-state index contributed by atoms with van der Waals surface area (Å²) in [5, 5.41) is 17.1. The minimum atomic E-state index is -4.16. The van der Waals surface area contributed by atoms with Gasteiger partial charge in [-0.1, -0.05) is 11.3 Å². The third kappa shape index (κ3) is 5.68. The van der Waals surface area contributed by atoms with E-state index >= 15 is 0 Å². The van der Waals surface area contributed by atoms with Crippen LogP contribution in [0.3, 0.4) is 0 Å². The van der Waals surface area contributed by atoms with Crippen LogP contribution in [0, 0.1) is 6.92 Å². The molecule has 3 aromatic heterocycles. The fraction of sp³-hybridized carbons (Fsp3) is 0.450. The highest BCUT2D eigenvalue weighted by molar-refractivity contribution is 7.14. The summed E-state index contributed by atoms with van der Waals surface area (Å²) in [6, 6.07) is 3.36. The van der Waals surface area contributed by atoms with Gasteiger partial charge in [0, 0.05) is 43.5 Å². The Bertz CT molecular complexity index is 1100. The molecule has 4 heterocycles. The molecular formula is C20H22F3N7OS. The summed E-state index contributed by atoms with van der Waals surface area (Å²) in [6.45, 7) is 2.71. The Labute approximate surface area is 186 Å². The fourth-order valence-corrected chi connectivity index (χ4v) is 4.18. The van der Waals surface area contributed by atoms with Gasteiger partial charge in [-0.15, -0.1) is 10.2 Å². The molecule has 0 aliphatic carbocycles. The topological polar surface area (TPSA) is 95.9 Å². The van der Waals surface area contributed by atoms with Gasteiger partial charge in [0.15, 0.2) is 5.01 Å². The van der Waals surface area contributed by atoms with E-state index in [1.807, 2.05) is 13.0 Å². The van der Waals surface area contributed by atoms with Crippen molar-refractivity contribution in [2.45, 2.75) is 38.4 Å². The van der Waals surface area contributed by atoms with Crippen molar-refractivity contribution in [1.29, 1.82) is 0 Å². The molecule has 3 aromatic rings. The number of halogens is 3. The largest absolute Gasteiger partial charge is 0.390 e. The lowest BCUT2D eigenvalue weighted by atomic mass is 10.1. The second kappa shape index (κ2) is 9.33. The van der Waals surface area contributed by atoms with E-state index in [-0.39, 0.29) is 18.6 Å². The molecule has 0 unspecified atom stereocenters. The molecule has 0 atom stereocenters. The lowest BCUT2D eigenvalue weighted by Crippen LogP contribution is -2.46. The van der Waals surface area contributed by atoms with E-state index in [0.29, 0.717) is 37.4 Å². The number of amides is 2. The standard InChI is InChI=1S/C20H22F3N7OS/c1-12-28-29-18(32-12)16-8-13-9-17(26-11-14(13)10-25-16)27-19(31)30-6-2-15(3-7-30)24-5-4-20(21,22)23/h8-11,15,24H,2-7H2,1H3,(H,26,27,31). The summed E-state index contributed by atoms with van der Waals surface area (Å²) in [5.41, 5.74) is 0.701. The third-order valence-electron chi connectivity index (χ3n) is 5.21. The number of aromatic nitrogens is 4. The summed E-state index contributed by atoms with van der Waals surface area (Å²) >= 11 is 1.45. The molecule has 0 radical (unpaired) electrons. The number of hydrogen-bond acceptors (Lipinski definition) is 7. The Balaban J connectivity index is 1.34. The summed E-state index contributed by atoms with van der Waals surface area (Å²) < 4.78 is 36.8. The van der Waals surface area contributed by atoms with Gasteiger partial charge in [-0.25, -0.2) is 9.78 Å². The smallest absolute Gasteiger partial charge is 0.324 e. The first kappa shape index (κ1) is 22.3. The van der Waals surface area contributed by atoms with Crippen molar-refractivity contribution in [3.8, 4) is 10.7 Å². The molecule has 4 rings (SSSR count). The molecule has 2 amide bonds. The van der Waals surface area contributed by atoms with Crippen LogP contribution in [0.4, 0.5) is 23.8 Å². The van der Waals surface area contributed by atoms with Gasteiger partial charge in [0.05, 0.1) is 6.42 Å². The second-order valence-corrected chi connectivity index (χ2v) is 8.80. The summed E-state index contributed by atoms with van der Waals surface area (Å²) in [7, 11) is 0. The van der Waals surface area contributed by atoms with Crippen LogP contribution in [0.25, 0.3) is 21.5 Å². The number of piperidine rings is 1. The number of hydrogen-bond donors (Lipinski definition) is 2. The van der Waals surface area contributed by atoms with E-state index in [1.54, 1.807) is 23.4 Å². The lowest BCUT2D eigenvalue weighted by molar-refractivity contribution is -0.133. The minimum Gasteiger partial charge on any atom is -0.324 e. The molecular weight excluding hydrogens is 443 g/mol. The molecule has 2 N–H and O–H groups in total. The van der Waals surface area contributed by atoms with E-state index in [1.165, 1.54) is 11.3 Å². The van der Waals surface area contributed by atoms with Gasteiger partial charge in [0.2, 0.25) is 0 Å². The molecule has 1 fully saturated rings.